The second-order valence-corrected chi connectivity index (χ2v) is 10.3. The lowest BCUT2D eigenvalue weighted by atomic mass is 10.0. The molecule has 0 fully saturated rings. The number of hydrogen-bond donors (Lipinski definition) is 1. The second-order valence-electron chi connectivity index (χ2n) is 9.91. The molecule has 1 heterocycles. The number of imide groups is 1. The minimum absolute atomic E-state index is 0.0779. The van der Waals surface area contributed by atoms with Gasteiger partial charge in [-0.1, -0.05) is 79.5 Å². The summed E-state index contributed by atoms with van der Waals surface area (Å²) in [7, 11) is 0. The Morgan fingerprint density at radius 2 is 1.48 bits per heavy atom. The first-order valence-electron chi connectivity index (χ1n) is 13.7. The van der Waals surface area contributed by atoms with Crippen LogP contribution in [0.15, 0.2) is 78.9 Å². The van der Waals surface area contributed by atoms with Crippen molar-refractivity contribution in [3.05, 3.63) is 106 Å². The Bertz CT molecular complexity index is 1310. The number of nitrogens with one attached hydrogen (secondary N) is 1. The molecule has 1 aliphatic heterocycles. The molecule has 0 aliphatic carbocycles. The number of amides is 4. The largest absolute Gasteiger partial charge is 0.354 e. The van der Waals surface area contributed by atoms with Gasteiger partial charge in [-0.2, -0.15) is 0 Å². The molecule has 0 saturated heterocycles. The van der Waals surface area contributed by atoms with Crippen molar-refractivity contribution in [3.8, 4) is 0 Å². The molecular formula is C32H34ClN3O4. The van der Waals surface area contributed by atoms with Crippen LogP contribution in [-0.2, 0) is 22.6 Å². The van der Waals surface area contributed by atoms with Crippen molar-refractivity contribution < 1.29 is 19.2 Å². The average molecular weight is 560 g/mol. The zero-order valence-electron chi connectivity index (χ0n) is 22.6. The zero-order valence-corrected chi connectivity index (χ0v) is 23.4. The fourth-order valence-corrected chi connectivity index (χ4v) is 4.95. The van der Waals surface area contributed by atoms with E-state index < -0.39 is 6.04 Å². The molecule has 3 aromatic rings. The van der Waals surface area contributed by atoms with Crippen LogP contribution < -0.4 is 5.32 Å². The highest BCUT2D eigenvalue weighted by atomic mass is 35.5. The van der Waals surface area contributed by atoms with Gasteiger partial charge in [0.25, 0.3) is 11.8 Å². The van der Waals surface area contributed by atoms with E-state index in [9.17, 15) is 19.2 Å². The monoisotopic (exact) mass is 559 g/mol. The van der Waals surface area contributed by atoms with Gasteiger partial charge in [-0.3, -0.25) is 24.1 Å². The van der Waals surface area contributed by atoms with Crippen LogP contribution in [0.25, 0.3) is 0 Å². The van der Waals surface area contributed by atoms with Crippen LogP contribution in [0.5, 0.6) is 0 Å². The van der Waals surface area contributed by atoms with Crippen LogP contribution in [0.3, 0.4) is 0 Å². The SMILES string of the molecule is CCCCNC(=O)[C@@H](Cc1ccccc1)N(Cc1ccc(Cl)cc1)C(=O)CCCN1C(=O)c2ccccc2C1=O. The molecule has 4 rings (SSSR count). The smallest absolute Gasteiger partial charge is 0.261 e. The standard InChI is InChI=1S/C32H34ClN3O4/c1-2-3-19-34-30(38)28(21-23-10-5-4-6-11-23)36(22-24-15-17-25(33)18-16-24)29(37)14-9-20-35-31(39)26-12-7-8-13-27(26)32(35)40/h4-8,10-13,15-18,28H,2-3,9,14,19-22H2,1H3,(H,34,38)/t28-/m1/s1. The molecule has 7 nitrogen and oxygen atoms in total. The molecule has 0 aromatic heterocycles. The molecule has 3 aromatic carbocycles. The Balaban J connectivity index is 1.53. The third-order valence-electron chi connectivity index (χ3n) is 7.02. The number of nitrogens with zero attached hydrogens (tertiary/aromatic N) is 2. The maximum Gasteiger partial charge on any atom is 0.261 e. The number of carbonyl (C=O) groups is 4. The van der Waals surface area contributed by atoms with Crippen molar-refractivity contribution in [2.45, 2.75) is 51.6 Å². The van der Waals surface area contributed by atoms with Crippen LogP contribution in [0.4, 0.5) is 0 Å². The van der Waals surface area contributed by atoms with E-state index >= 15 is 0 Å². The van der Waals surface area contributed by atoms with Crippen molar-refractivity contribution in [1.29, 1.82) is 0 Å². The molecule has 4 amide bonds. The van der Waals surface area contributed by atoms with Gasteiger partial charge in [-0.15, -0.1) is 0 Å². The maximum absolute atomic E-state index is 13.8. The van der Waals surface area contributed by atoms with Gasteiger partial charge in [-0.25, -0.2) is 0 Å². The van der Waals surface area contributed by atoms with Crippen LogP contribution in [0.2, 0.25) is 5.02 Å². The van der Waals surface area contributed by atoms with Crippen molar-refractivity contribution in [2.75, 3.05) is 13.1 Å². The van der Waals surface area contributed by atoms with Crippen LogP contribution in [0, 0.1) is 0 Å². The van der Waals surface area contributed by atoms with Gasteiger partial charge >= 0.3 is 0 Å². The minimum Gasteiger partial charge on any atom is -0.354 e. The van der Waals surface area contributed by atoms with Gasteiger partial charge in [0.1, 0.15) is 6.04 Å². The lowest BCUT2D eigenvalue weighted by Crippen LogP contribution is -2.50. The summed E-state index contributed by atoms with van der Waals surface area (Å²) in [5, 5.41) is 3.59. The van der Waals surface area contributed by atoms with E-state index in [1.807, 2.05) is 42.5 Å². The van der Waals surface area contributed by atoms with E-state index in [-0.39, 0.29) is 49.6 Å². The summed E-state index contributed by atoms with van der Waals surface area (Å²) in [5.74, 6) is -1.12. The number of halogens is 1. The number of hydrogen-bond acceptors (Lipinski definition) is 4. The second kappa shape index (κ2) is 13.9. The molecule has 208 valence electrons. The quantitative estimate of drug-likeness (QED) is 0.228. The van der Waals surface area contributed by atoms with Crippen molar-refractivity contribution in [1.82, 2.24) is 15.1 Å². The molecule has 1 N–H and O–H groups in total. The van der Waals surface area contributed by atoms with Crippen LogP contribution >= 0.6 is 11.6 Å². The maximum atomic E-state index is 13.8. The highest BCUT2D eigenvalue weighted by Crippen LogP contribution is 2.23. The van der Waals surface area contributed by atoms with Crippen LogP contribution in [-0.4, -0.2) is 52.6 Å². The molecule has 1 aliphatic rings. The van der Waals surface area contributed by atoms with Crippen LogP contribution in [0.1, 0.15) is 64.4 Å². The van der Waals surface area contributed by atoms with Gasteiger partial charge < -0.3 is 10.2 Å². The van der Waals surface area contributed by atoms with Gasteiger partial charge in [-0.05, 0) is 48.2 Å². The molecule has 0 unspecified atom stereocenters. The highest BCUT2D eigenvalue weighted by molar-refractivity contribution is 6.30. The average Bonchev–Trinajstić information content (AvgIpc) is 3.21. The Hall–Kier alpha value is -3.97. The molecule has 1 atom stereocenters. The Morgan fingerprint density at radius 3 is 2.10 bits per heavy atom. The number of unbranched alkanes of at least 4 members (excludes halogenated alkanes) is 1. The van der Waals surface area contributed by atoms with E-state index in [0.29, 0.717) is 29.1 Å². The molecule has 0 saturated carbocycles. The highest BCUT2D eigenvalue weighted by Gasteiger charge is 2.35. The van der Waals surface area contributed by atoms with Gasteiger partial charge in [0.2, 0.25) is 11.8 Å². The molecule has 0 spiro atoms. The summed E-state index contributed by atoms with van der Waals surface area (Å²) in [6.07, 6.45) is 2.51. The third kappa shape index (κ3) is 7.16. The summed E-state index contributed by atoms with van der Waals surface area (Å²) in [5.41, 5.74) is 2.56. The number of rotatable bonds is 13. The fraction of sp³-hybridized carbons (Fsp3) is 0.312. The van der Waals surface area contributed by atoms with E-state index in [1.165, 1.54) is 4.90 Å². The van der Waals surface area contributed by atoms with Crippen molar-refractivity contribution >= 4 is 35.2 Å². The van der Waals surface area contributed by atoms with Gasteiger partial charge in [0, 0.05) is 37.5 Å². The van der Waals surface area contributed by atoms with E-state index in [0.717, 1.165) is 24.0 Å². The zero-order chi connectivity index (χ0) is 28.5. The first-order chi connectivity index (χ1) is 19.4. The van der Waals surface area contributed by atoms with Gasteiger partial charge in [0.05, 0.1) is 11.1 Å². The first kappa shape index (κ1) is 29.0. The topological polar surface area (TPSA) is 86.8 Å². The van der Waals surface area contributed by atoms with Crippen molar-refractivity contribution in [2.24, 2.45) is 0 Å². The predicted octanol–water partition coefficient (Wildman–Crippen LogP) is 5.27. The number of benzene rings is 3. The summed E-state index contributed by atoms with van der Waals surface area (Å²) >= 11 is 6.09. The number of fused-ring (bicyclic) bond motifs is 1. The lowest BCUT2D eigenvalue weighted by Gasteiger charge is -2.32. The molecular weight excluding hydrogens is 526 g/mol. The van der Waals surface area contributed by atoms with Crippen molar-refractivity contribution in [3.63, 3.8) is 0 Å². The first-order valence-corrected chi connectivity index (χ1v) is 14.1. The summed E-state index contributed by atoms with van der Waals surface area (Å²) < 4.78 is 0. The predicted molar refractivity (Wildman–Crippen MR) is 155 cm³/mol. The molecule has 40 heavy (non-hydrogen) atoms. The lowest BCUT2D eigenvalue weighted by molar-refractivity contribution is -0.141. The summed E-state index contributed by atoms with van der Waals surface area (Å²) in [6.45, 7) is 2.93. The Labute approximate surface area is 240 Å². The third-order valence-corrected chi connectivity index (χ3v) is 7.27. The molecule has 8 heteroatoms. The Kier molecular flexibility index (Phi) is 10.1. The van der Waals surface area contributed by atoms with E-state index in [4.69, 9.17) is 11.6 Å². The normalized spacial score (nSPS) is 13.2. The summed E-state index contributed by atoms with van der Waals surface area (Å²) in [6, 6.07) is 22.8. The van der Waals surface area contributed by atoms with Gasteiger partial charge in [0.15, 0.2) is 0 Å². The van der Waals surface area contributed by atoms with E-state index in [2.05, 4.69) is 12.2 Å². The van der Waals surface area contributed by atoms with E-state index in [1.54, 1.807) is 41.3 Å². The molecule has 0 bridgehead atoms. The Morgan fingerprint density at radius 1 is 0.850 bits per heavy atom. The number of carbonyl (C=O) groups excluding carboxylic acids is 4. The minimum atomic E-state index is -0.735. The summed E-state index contributed by atoms with van der Waals surface area (Å²) in [4.78, 5) is 55.6. The molecule has 0 radical (unpaired) electrons. The fourth-order valence-electron chi connectivity index (χ4n) is 4.82.